The van der Waals surface area contributed by atoms with Crippen molar-refractivity contribution in [1.29, 1.82) is 0 Å². The van der Waals surface area contributed by atoms with Crippen LogP contribution < -0.4 is 9.47 Å². The molecule has 19 heavy (non-hydrogen) atoms. The zero-order valence-corrected chi connectivity index (χ0v) is 13.0. The van der Waals surface area contributed by atoms with Crippen LogP contribution in [0.2, 0.25) is 19.6 Å². The van der Waals surface area contributed by atoms with E-state index < -0.39 is 8.07 Å². The fourth-order valence-electron chi connectivity index (χ4n) is 1.68. The first-order valence-electron chi connectivity index (χ1n) is 6.12. The quantitative estimate of drug-likeness (QED) is 0.618. The molecule has 4 heteroatoms. The molecule has 0 unspecified atom stereocenters. The molecule has 0 fully saturated rings. The Labute approximate surface area is 114 Å². The summed E-state index contributed by atoms with van der Waals surface area (Å²) < 4.78 is 16.3. The molecule has 100 valence electrons. The second-order valence-electron chi connectivity index (χ2n) is 5.35. The van der Waals surface area contributed by atoms with E-state index in [9.17, 15) is 0 Å². The van der Waals surface area contributed by atoms with Crippen molar-refractivity contribution in [2.75, 3.05) is 14.2 Å². The van der Waals surface area contributed by atoms with Gasteiger partial charge in [0.2, 0.25) is 0 Å². The Morgan fingerprint density at radius 1 is 1.05 bits per heavy atom. The van der Waals surface area contributed by atoms with Gasteiger partial charge in [0.1, 0.15) is 25.2 Å². The van der Waals surface area contributed by atoms with Gasteiger partial charge in [-0.25, -0.2) is 0 Å². The van der Waals surface area contributed by atoms with E-state index in [0.29, 0.717) is 11.5 Å². The zero-order chi connectivity index (χ0) is 14.0. The van der Waals surface area contributed by atoms with E-state index >= 15 is 0 Å². The number of rotatable bonds is 2. The van der Waals surface area contributed by atoms with Crippen molar-refractivity contribution in [2.24, 2.45) is 0 Å². The van der Waals surface area contributed by atoms with Crippen molar-refractivity contribution in [3.63, 3.8) is 0 Å². The third-order valence-electron chi connectivity index (χ3n) is 2.59. The molecule has 0 radical (unpaired) electrons. The summed E-state index contributed by atoms with van der Waals surface area (Å²) in [6.45, 7) is 6.60. The molecule has 0 aliphatic rings. The molecule has 0 amide bonds. The Morgan fingerprint density at radius 2 is 1.79 bits per heavy atom. The monoisotopic (exact) mass is 274 g/mol. The Hall–Kier alpha value is -1.86. The molecule has 0 spiro atoms. The lowest BCUT2D eigenvalue weighted by Gasteiger charge is -2.04. The Balaban J connectivity index is 2.53. The number of fused-ring (bicyclic) bond motifs is 1. The second-order valence-corrected chi connectivity index (χ2v) is 10.1. The number of hydrogen-bond acceptors (Lipinski definition) is 3. The van der Waals surface area contributed by atoms with Gasteiger partial charge in [-0.15, -0.1) is 5.54 Å². The minimum Gasteiger partial charge on any atom is -0.496 e. The van der Waals surface area contributed by atoms with Gasteiger partial charge in [0.15, 0.2) is 5.76 Å². The fourth-order valence-corrected chi connectivity index (χ4v) is 2.18. The van der Waals surface area contributed by atoms with Gasteiger partial charge in [-0.05, 0) is 5.92 Å². The van der Waals surface area contributed by atoms with Crippen molar-refractivity contribution in [1.82, 2.24) is 0 Å². The number of benzene rings is 1. The summed E-state index contributed by atoms with van der Waals surface area (Å²) in [4.78, 5) is 0. The minimum atomic E-state index is -1.41. The molecule has 0 saturated carbocycles. The van der Waals surface area contributed by atoms with Crippen LogP contribution in [-0.2, 0) is 0 Å². The van der Waals surface area contributed by atoms with Crippen LogP contribution >= 0.6 is 0 Å². The third-order valence-corrected chi connectivity index (χ3v) is 3.46. The Morgan fingerprint density at radius 3 is 2.37 bits per heavy atom. The van der Waals surface area contributed by atoms with Crippen molar-refractivity contribution in [3.05, 3.63) is 24.0 Å². The summed E-state index contributed by atoms with van der Waals surface area (Å²) in [5.74, 6) is 5.23. The van der Waals surface area contributed by atoms with Crippen LogP contribution in [0.15, 0.2) is 22.6 Å². The van der Waals surface area contributed by atoms with Gasteiger partial charge in [0.05, 0.1) is 19.6 Å². The summed E-state index contributed by atoms with van der Waals surface area (Å²) in [6.07, 6.45) is 0. The first-order valence-corrected chi connectivity index (χ1v) is 9.62. The van der Waals surface area contributed by atoms with E-state index in [0.717, 1.165) is 16.7 Å². The summed E-state index contributed by atoms with van der Waals surface area (Å²) in [7, 11) is 1.85. The average Bonchev–Trinajstić information content (AvgIpc) is 2.77. The fraction of sp³-hybridized carbons (Fsp3) is 0.333. The Bertz CT molecular complexity index is 654. The van der Waals surface area contributed by atoms with Crippen LogP contribution in [0, 0.1) is 11.5 Å². The largest absolute Gasteiger partial charge is 0.496 e. The average molecular weight is 274 g/mol. The van der Waals surface area contributed by atoms with Crippen molar-refractivity contribution in [2.45, 2.75) is 19.6 Å². The highest BCUT2D eigenvalue weighted by Gasteiger charge is 2.11. The molecule has 0 bridgehead atoms. The molecular weight excluding hydrogens is 256 g/mol. The maximum atomic E-state index is 5.74. The van der Waals surface area contributed by atoms with Gasteiger partial charge < -0.3 is 13.9 Å². The first-order chi connectivity index (χ1) is 8.93. The predicted molar refractivity (Wildman–Crippen MR) is 79.5 cm³/mol. The lowest BCUT2D eigenvalue weighted by atomic mass is 10.2. The summed E-state index contributed by atoms with van der Waals surface area (Å²) in [6, 6.07) is 5.60. The van der Waals surface area contributed by atoms with E-state index in [1.54, 1.807) is 14.2 Å². The lowest BCUT2D eigenvalue weighted by molar-refractivity contribution is 0.397. The molecule has 2 aromatic rings. The highest BCUT2D eigenvalue weighted by molar-refractivity contribution is 6.83. The van der Waals surface area contributed by atoms with Crippen LogP contribution in [0.5, 0.6) is 11.5 Å². The van der Waals surface area contributed by atoms with Gasteiger partial charge >= 0.3 is 0 Å². The highest BCUT2D eigenvalue weighted by atomic mass is 28.3. The Kier molecular flexibility index (Phi) is 3.58. The molecule has 1 aromatic heterocycles. The SMILES string of the molecule is COc1cc(OC)c2cc(C#C[Si](C)(C)C)oc2c1. The first kappa shape index (κ1) is 13.6. The van der Waals surface area contributed by atoms with Crippen LogP contribution in [0.25, 0.3) is 11.0 Å². The van der Waals surface area contributed by atoms with E-state index in [-0.39, 0.29) is 0 Å². The third kappa shape index (κ3) is 3.12. The molecule has 2 rings (SSSR count). The van der Waals surface area contributed by atoms with Crippen LogP contribution in [0.4, 0.5) is 0 Å². The molecule has 0 aliphatic carbocycles. The standard InChI is InChI=1S/C15H18O3Si/c1-16-12-9-14(17-2)13-8-11(18-15(13)10-12)6-7-19(3,4)5/h8-10H,1-5H3. The number of hydrogen-bond donors (Lipinski definition) is 0. The van der Waals surface area contributed by atoms with E-state index in [4.69, 9.17) is 13.9 Å². The van der Waals surface area contributed by atoms with Crippen LogP contribution in [0.3, 0.4) is 0 Å². The minimum absolute atomic E-state index is 0.670. The molecule has 0 saturated heterocycles. The van der Waals surface area contributed by atoms with Gasteiger partial charge in [0.25, 0.3) is 0 Å². The second kappa shape index (κ2) is 5.02. The molecule has 0 aliphatic heterocycles. The van der Waals surface area contributed by atoms with Crippen LogP contribution in [-0.4, -0.2) is 22.3 Å². The number of methoxy groups -OCH3 is 2. The zero-order valence-electron chi connectivity index (χ0n) is 12.0. The van der Waals surface area contributed by atoms with Gasteiger partial charge in [-0.3, -0.25) is 0 Å². The molecule has 3 nitrogen and oxygen atoms in total. The molecule has 0 atom stereocenters. The molecular formula is C15H18O3Si. The normalized spacial score (nSPS) is 11.0. The van der Waals surface area contributed by atoms with Gasteiger partial charge in [0, 0.05) is 18.2 Å². The maximum absolute atomic E-state index is 5.74. The highest BCUT2D eigenvalue weighted by Crippen LogP contribution is 2.33. The maximum Gasteiger partial charge on any atom is 0.177 e. The van der Waals surface area contributed by atoms with Crippen LogP contribution in [0.1, 0.15) is 5.76 Å². The smallest absolute Gasteiger partial charge is 0.177 e. The summed E-state index contributed by atoms with van der Waals surface area (Å²) >= 11 is 0. The van der Waals surface area contributed by atoms with E-state index in [2.05, 4.69) is 31.1 Å². The number of ether oxygens (including phenoxy) is 2. The summed E-state index contributed by atoms with van der Waals surface area (Å²) in [5, 5.41) is 0.920. The van der Waals surface area contributed by atoms with Gasteiger partial charge in [-0.2, -0.15) is 0 Å². The van der Waals surface area contributed by atoms with Crippen molar-refractivity contribution >= 4 is 19.0 Å². The van der Waals surface area contributed by atoms with Crippen molar-refractivity contribution in [3.8, 4) is 23.0 Å². The topological polar surface area (TPSA) is 31.6 Å². The molecule has 1 aromatic carbocycles. The lowest BCUT2D eigenvalue weighted by Crippen LogP contribution is -2.16. The van der Waals surface area contributed by atoms with E-state index in [1.165, 1.54) is 0 Å². The van der Waals surface area contributed by atoms with Crippen molar-refractivity contribution < 1.29 is 13.9 Å². The molecule has 1 heterocycles. The summed E-state index contributed by atoms with van der Waals surface area (Å²) in [5.41, 5.74) is 4.02. The van der Waals surface area contributed by atoms with Gasteiger partial charge in [-0.1, -0.05) is 19.6 Å². The predicted octanol–water partition coefficient (Wildman–Crippen LogP) is 3.68. The molecule has 0 N–H and O–H groups in total. The van der Waals surface area contributed by atoms with E-state index in [1.807, 2.05) is 18.2 Å². The number of furan rings is 1.